The molecule has 0 bridgehead atoms. The third kappa shape index (κ3) is 278. The van der Waals surface area contributed by atoms with Gasteiger partial charge in [-0.05, 0) is 253 Å². The van der Waals surface area contributed by atoms with Crippen LogP contribution >= 0.6 is 71.5 Å². The zero-order valence-electron chi connectivity index (χ0n) is 110. The zero-order chi connectivity index (χ0) is 117. The molecule has 0 unspecified atom stereocenters. The summed E-state index contributed by atoms with van der Waals surface area (Å²) >= 11 is 17.5. The fraction of sp³-hybridized carbons (Fsp3) is 0.875. The van der Waals surface area contributed by atoms with E-state index in [9.17, 15) is 9.59 Å². The lowest BCUT2D eigenvalue weighted by atomic mass is 10.0. The van der Waals surface area contributed by atoms with Crippen LogP contribution in [-0.2, 0) is 28.5 Å². The molecule has 0 aromatic heterocycles. The normalized spacial score (nSPS) is 11.5. The molecule has 143 heavy (non-hydrogen) atoms. The van der Waals surface area contributed by atoms with Crippen LogP contribution in [0.15, 0.2) is 83.1 Å². The fourth-order valence-corrected chi connectivity index (χ4v) is 13.7. The lowest BCUT2D eigenvalue weighted by Crippen LogP contribution is -2.29. The number of carbonyl (C=O) groups excluding carboxylic acids is 2. The maximum absolute atomic E-state index is 11.0. The Kier molecular flexibility index (Phi) is 163. The van der Waals surface area contributed by atoms with Gasteiger partial charge >= 0.3 is 5.97 Å². The van der Waals surface area contributed by atoms with E-state index >= 15 is 0 Å². The van der Waals surface area contributed by atoms with Crippen LogP contribution in [0.5, 0.6) is 0 Å². The Bertz CT molecular complexity index is 2220. The summed E-state index contributed by atoms with van der Waals surface area (Å²) in [5.74, 6) is 19.3. The molecule has 0 heterocycles. The summed E-state index contributed by atoms with van der Waals surface area (Å²) in [6, 6.07) is 1.94. The van der Waals surface area contributed by atoms with Crippen molar-refractivity contribution in [2.75, 3.05) is 37.1 Å². The average molecular weight is 2140 g/mol. The number of nitrogens with zero attached hydrogens (tertiary/aromatic N) is 2. The third-order valence-electron chi connectivity index (χ3n) is 15.0. The summed E-state index contributed by atoms with van der Waals surface area (Å²) in [6.45, 7) is 149. The van der Waals surface area contributed by atoms with E-state index in [0.29, 0.717) is 125 Å². The van der Waals surface area contributed by atoms with Crippen LogP contribution in [0.25, 0.3) is 0 Å². The molecule has 870 valence electrons. The van der Waals surface area contributed by atoms with Gasteiger partial charge in [0, 0.05) is 42.0 Å². The van der Waals surface area contributed by atoms with Gasteiger partial charge in [0.15, 0.2) is 10.2 Å². The molecule has 0 saturated carbocycles. The summed E-state index contributed by atoms with van der Waals surface area (Å²) in [5.41, 5.74) is 0. The number of azo groups is 1. The van der Waals surface area contributed by atoms with E-state index in [1.54, 1.807) is 0 Å². The van der Waals surface area contributed by atoms with Gasteiger partial charge < -0.3 is 24.3 Å². The standard InChI is InChI=1S/3C10H18.C8H16O2.2C8H16OS.C8H16S2.C7H16O.C7H16S.4C7H16.C6H14N2.C6H15N.C6H14O.C6H14S/c3*1-9(2)7-5-6-8-10(3)4;2*1-6(2)5-10-8(9)7(3)4;1-6(2)5-9-8(10)7(3)4;1-6(2)5-10-8(9)7(3)4;2*1-6(2)5-8-7(3)4;4*1-6(2)5-7(3)4;1-5(2)7-8-6(3)4;3*1-5(2)7-6(3)4/h3*5-10H,1-4H3;4*6-7H,5H2,1-4H3;2*6-7H,5H2,1-4H3;4*6-7H,5H2,1-4H3;5-6H,1-4H3;5-7H,1-4H3;2*5-6H,1-4H3/b2*7-5-,8-6+;7-5-,8-6-;;;;;;;;;;;;;;. The quantitative estimate of drug-likeness (QED) is 0.0271. The maximum atomic E-state index is 11.0. The van der Waals surface area contributed by atoms with Crippen molar-refractivity contribution in [1.82, 2.24) is 5.32 Å². The number of thiocarbonyl (C=S) groups is 2. The molecule has 0 spiro atoms. The summed E-state index contributed by atoms with van der Waals surface area (Å²) in [5, 5.41) is 14.6. The number of nitrogens with one attached hydrogen (secondary N) is 1. The summed E-state index contributed by atoms with van der Waals surface area (Å²) in [6.07, 6.45) is 32.4. The first-order valence-electron chi connectivity index (χ1n) is 57.2. The van der Waals surface area contributed by atoms with Crippen LogP contribution in [0.3, 0.4) is 0 Å². The van der Waals surface area contributed by atoms with Crippen molar-refractivity contribution < 1.29 is 28.5 Å². The van der Waals surface area contributed by atoms with Gasteiger partial charge in [-0.1, -0.05) is 498 Å². The SMILES string of the molecule is CC(C)/C=C\C=C/C(C)C.CC(C)/C=C\C=C\C(C)C.CC(C)/C=C\C=C\C(C)C.CC(C)CC(C)C.CC(C)CC(C)C.CC(C)CC(C)C.CC(C)CC(C)C.CC(C)COC(=O)C(C)C.CC(C)COC(=S)C(C)C.CC(C)COC(C)C.CC(C)CSC(=O)C(C)C.CC(C)CSC(=S)C(C)C.CC(C)CSC(C)C.CC(C)N=NC(C)C.CC(C)NC(C)C.CC(C)OC(C)C.CC(C)SC(C)C. The fourth-order valence-electron chi connectivity index (χ4n) is 9.94. The van der Waals surface area contributed by atoms with Crippen LogP contribution < -0.4 is 5.32 Å². The highest BCUT2D eigenvalue weighted by Gasteiger charge is 2.11. The molecule has 0 fully saturated rings. The Morgan fingerprint density at radius 1 is 0.266 bits per heavy atom. The van der Waals surface area contributed by atoms with Crippen molar-refractivity contribution in [2.24, 2.45) is 152 Å². The summed E-state index contributed by atoms with van der Waals surface area (Å²) in [7, 11) is 0. The van der Waals surface area contributed by atoms with Crippen molar-refractivity contribution >= 4 is 91.8 Å². The minimum Gasteiger partial charge on any atom is -0.487 e. The molecule has 0 aliphatic heterocycles. The molecule has 0 saturated heterocycles. The van der Waals surface area contributed by atoms with Crippen LogP contribution in [0.4, 0.5) is 0 Å². The van der Waals surface area contributed by atoms with Crippen LogP contribution in [0.1, 0.15) is 496 Å². The molecular weight excluding hydrogens is 1870 g/mol. The van der Waals surface area contributed by atoms with Gasteiger partial charge in [-0.25, -0.2) is 0 Å². The van der Waals surface area contributed by atoms with E-state index in [1.165, 1.54) is 43.2 Å². The molecule has 0 aliphatic rings. The topological polar surface area (TPSA) is 108 Å². The van der Waals surface area contributed by atoms with E-state index in [2.05, 4.69) is 448 Å². The van der Waals surface area contributed by atoms with Gasteiger partial charge in [0.05, 0.1) is 53.7 Å². The van der Waals surface area contributed by atoms with Gasteiger partial charge in [-0.2, -0.15) is 33.8 Å². The molecule has 0 amide bonds. The number of allylic oxidation sites excluding steroid dienone is 12. The second kappa shape index (κ2) is 129. The van der Waals surface area contributed by atoms with Gasteiger partial charge in [-0.15, -0.1) is 11.8 Å². The molecule has 0 radical (unpaired) electrons. The van der Waals surface area contributed by atoms with Crippen molar-refractivity contribution in [1.29, 1.82) is 0 Å². The zero-order valence-corrected chi connectivity index (χ0v) is 115. The summed E-state index contributed by atoms with van der Waals surface area (Å²) in [4.78, 5) is 21.8. The average Bonchev–Trinajstić information content (AvgIpc) is 1.01. The number of ether oxygens (including phenoxy) is 4. The molecule has 0 rings (SSSR count). The number of carbonyl (C=O) groups is 2. The van der Waals surface area contributed by atoms with E-state index in [1.807, 2.05) is 146 Å². The summed E-state index contributed by atoms with van der Waals surface area (Å²) < 4.78 is 21.9. The predicted molar refractivity (Wildman–Crippen MR) is 688 cm³/mol. The number of hydrogen-bond acceptors (Lipinski definition) is 15. The molecular formula is C128H271N3O6S6. The van der Waals surface area contributed by atoms with Crippen LogP contribution in [-0.4, -0.2) is 116 Å². The van der Waals surface area contributed by atoms with Gasteiger partial charge in [-0.3, -0.25) is 9.59 Å². The Morgan fingerprint density at radius 3 is 0.629 bits per heavy atom. The third-order valence-corrected chi connectivity index (χ3v) is 22.2. The van der Waals surface area contributed by atoms with E-state index in [4.69, 9.17) is 43.4 Å². The number of hydrogen-bond donors (Lipinski definition) is 1. The maximum Gasteiger partial charge on any atom is 0.308 e. The lowest BCUT2D eigenvalue weighted by molar-refractivity contribution is -0.148. The van der Waals surface area contributed by atoms with Crippen molar-refractivity contribution in [3.63, 3.8) is 0 Å². The lowest BCUT2D eigenvalue weighted by Gasteiger charge is -2.11. The molecule has 0 atom stereocenters. The number of esters is 1. The van der Waals surface area contributed by atoms with E-state index in [-0.39, 0.29) is 17.8 Å². The second-order valence-electron chi connectivity index (χ2n) is 49.5. The highest BCUT2D eigenvalue weighted by atomic mass is 32.2. The smallest absolute Gasteiger partial charge is 0.308 e. The Morgan fingerprint density at radius 2 is 0.510 bits per heavy atom. The minimum absolute atomic E-state index is 0.00116. The van der Waals surface area contributed by atoms with Crippen molar-refractivity contribution in [3.05, 3.63) is 72.9 Å². The molecule has 1 N–H and O–H groups in total. The first-order valence-corrected chi connectivity index (χ1v) is 62.0. The first kappa shape index (κ1) is 180. The Labute approximate surface area is 935 Å². The Hall–Kier alpha value is -1.56. The van der Waals surface area contributed by atoms with Gasteiger partial charge in [0.1, 0.15) is 0 Å². The van der Waals surface area contributed by atoms with Gasteiger partial charge in [0.25, 0.3) is 0 Å². The van der Waals surface area contributed by atoms with E-state index in [0.717, 1.165) is 109 Å². The van der Waals surface area contributed by atoms with Crippen LogP contribution in [0.2, 0.25) is 0 Å². The molecule has 0 aliphatic carbocycles. The molecule has 9 nitrogen and oxygen atoms in total. The van der Waals surface area contributed by atoms with E-state index < -0.39 is 0 Å². The molecule has 15 heteroatoms. The molecule has 0 aromatic carbocycles. The highest BCUT2D eigenvalue weighted by Crippen LogP contribution is 2.19. The van der Waals surface area contributed by atoms with Crippen LogP contribution in [0, 0.1) is 142 Å². The predicted octanol–water partition coefficient (Wildman–Crippen LogP) is 44.2. The van der Waals surface area contributed by atoms with Crippen molar-refractivity contribution in [3.8, 4) is 0 Å². The highest BCUT2D eigenvalue weighted by molar-refractivity contribution is 8.23. The molecule has 0 aromatic rings. The van der Waals surface area contributed by atoms with Gasteiger partial charge in [0.2, 0.25) is 0 Å². The monoisotopic (exact) mass is 2140 g/mol. The first-order chi connectivity index (χ1) is 64.8. The number of thioether (sulfide) groups is 4. The number of rotatable bonds is 43. The largest absolute Gasteiger partial charge is 0.487 e. The minimum atomic E-state index is -0.103. The van der Waals surface area contributed by atoms with Crippen molar-refractivity contribution in [2.45, 2.75) is 555 Å². The second-order valence-corrected chi connectivity index (χ2v) is 56.4. The Balaban J connectivity index is -0.0000000788.